The van der Waals surface area contributed by atoms with Crippen LogP contribution in [0.1, 0.15) is 11.3 Å². The molecule has 126 valence electrons. The summed E-state index contributed by atoms with van der Waals surface area (Å²) in [6, 6.07) is 4.73. The SMILES string of the molecule is Cc1ncc(-c2cnc3sc(-c4cccnc4)nn23)cc1C(F)(F)F. The van der Waals surface area contributed by atoms with E-state index >= 15 is 0 Å². The van der Waals surface area contributed by atoms with E-state index in [1.165, 1.54) is 35.2 Å². The molecule has 25 heavy (non-hydrogen) atoms. The van der Waals surface area contributed by atoms with Gasteiger partial charge in [0.05, 0.1) is 17.5 Å². The van der Waals surface area contributed by atoms with Gasteiger partial charge in [-0.25, -0.2) is 9.50 Å². The monoisotopic (exact) mass is 361 g/mol. The summed E-state index contributed by atoms with van der Waals surface area (Å²) in [5.41, 5.74) is 0.767. The van der Waals surface area contributed by atoms with Gasteiger partial charge in [0.15, 0.2) is 0 Å². The lowest BCUT2D eigenvalue weighted by Crippen LogP contribution is -2.09. The first kappa shape index (κ1) is 15.7. The Labute approximate surface area is 143 Å². The second kappa shape index (κ2) is 5.62. The van der Waals surface area contributed by atoms with Gasteiger partial charge in [0.2, 0.25) is 4.96 Å². The Hall–Kier alpha value is -2.81. The first-order valence-corrected chi connectivity index (χ1v) is 8.04. The highest BCUT2D eigenvalue weighted by Crippen LogP contribution is 2.34. The molecule has 0 fully saturated rings. The average molecular weight is 361 g/mol. The Morgan fingerprint density at radius 1 is 1.08 bits per heavy atom. The van der Waals surface area contributed by atoms with Crippen LogP contribution in [0.4, 0.5) is 13.2 Å². The minimum Gasteiger partial charge on any atom is -0.264 e. The molecule has 4 heterocycles. The summed E-state index contributed by atoms with van der Waals surface area (Å²) in [5, 5.41) is 5.15. The lowest BCUT2D eigenvalue weighted by molar-refractivity contribution is -0.138. The fourth-order valence-corrected chi connectivity index (χ4v) is 3.32. The third-order valence-electron chi connectivity index (χ3n) is 3.68. The van der Waals surface area contributed by atoms with E-state index in [-0.39, 0.29) is 5.69 Å². The highest BCUT2D eigenvalue weighted by molar-refractivity contribution is 7.19. The molecular formula is C16H10F3N5S. The smallest absolute Gasteiger partial charge is 0.264 e. The quantitative estimate of drug-likeness (QED) is 0.536. The standard InChI is InChI=1S/C16H10F3N5S/c1-9-12(16(17,18)19)5-11(7-21-9)13-8-22-15-24(13)23-14(25-15)10-3-2-4-20-6-10/h2-8H,1H3. The van der Waals surface area contributed by atoms with Gasteiger partial charge in [-0.05, 0) is 25.1 Å². The van der Waals surface area contributed by atoms with Gasteiger partial charge < -0.3 is 0 Å². The Kier molecular flexibility index (Phi) is 3.53. The van der Waals surface area contributed by atoms with E-state index in [1.807, 2.05) is 6.07 Å². The number of aryl methyl sites for hydroxylation is 1. The molecule has 0 unspecified atom stereocenters. The van der Waals surface area contributed by atoms with E-state index in [0.29, 0.717) is 21.2 Å². The van der Waals surface area contributed by atoms with Crippen molar-refractivity contribution in [3.05, 3.63) is 54.2 Å². The predicted molar refractivity (Wildman–Crippen MR) is 87.1 cm³/mol. The van der Waals surface area contributed by atoms with Crippen LogP contribution in [0.3, 0.4) is 0 Å². The molecule has 0 radical (unpaired) electrons. The van der Waals surface area contributed by atoms with Gasteiger partial charge in [-0.1, -0.05) is 11.3 Å². The molecule has 4 rings (SSSR count). The maximum atomic E-state index is 13.1. The Morgan fingerprint density at radius 2 is 1.92 bits per heavy atom. The topological polar surface area (TPSA) is 56.0 Å². The zero-order valence-corrected chi connectivity index (χ0v) is 13.6. The highest BCUT2D eigenvalue weighted by Gasteiger charge is 2.33. The van der Waals surface area contributed by atoms with Crippen molar-refractivity contribution in [3.8, 4) is 21.8 Å². The first-order chi connectivity index (χ1) is 11.9. The summed E-state index contributed by atoms with van der Waals surface area (Å²) < 4.78 is 40.9. The van der Waals surface area contributed by atoms with Gasteiger partial charge in [-0.3, -0.25) is 9.97 Å². The number of imidazole rings is 1. The molecule has 0 bridgehead atoms. The lowest BCUT2D eigenvalue weighted by atomic mass is 10.1. The third-order valence-corrected chi connectivity index (χ3v) is 4.65. The van der Waals surface area contributed by atoms with E-state index in [0.717, 1.165) is 11.6 Å². The fraction of sp³-hybridized carbons (Fsp3) is 0.125. The zero-order valence-electron chi connectivity index (χ0n) is 12.8. The normalized spacial score (nSPS) is 12.0. The Balaban J connectivity index is 1.84. The molecule has 0 aliphatic rings. The molecule has 0 aliphatic heterocycles. The number of halogens is 3. The molecule has 4 aromatic heterocycles. The molecule has 0 spiro atoms. The van der Waals surface area contributed by atoms with Crippen molar-refractivity contribution in [1.82, 2.24) is 24.6 Å². The second-order valence-electron chi connectivity index (χ2n) is 5.34. The molecule has 0 amide bonds. The minimum atomic E-state index is -4.46. The van der Waals surface area contributed by atoms with Gasteiger partial charge in [-0.15, -0.1) is 0 Å². The highest BCUT2D eigenvalue weighted by atomic mass is 32.1. The van der Waals surface area contributed by atoms with Crippen molar-refractivity contribution in [2.75, 3.05) is 0 Å². The number of pyridine rings is 2. The predicted octanol–water partition coefficient (Wildman–Crippen LogP) is 4.24. The number of aromatic nitrogens is 5. The fourth-order valence-electron chi connectivity index (χ4n) is 2.46. The molecule has 9 heteroatoms. The van der Waals surface area contributed by atoms with Gasteiger partial charge in [0.25, 0.3) is 0 Å². The molecule has 0 saturated heterocycles. The van der Waals surface area contributed by atoms with Crippen molar-refractivity contribution in [2.24, 2.45) is 0 Å². The van der Waals surface area contributed by atoms with Crippen LogP contribution in [0.2, 0.25) is 0 Å². The number of hydrogen-bond donors (Lipinski definition) is 0. The first-order valence-electron chi connectivity index (χ1n) is 7.22. The van der Waals surface area contributed by atoms with Crippen LogP contribution in [0.25, 0.3) is 26.8 Å². The van der Waals surface area contributed by atoms with E-state index in [4.69, 9.17) is 0 Å². The molecule has 4 aromatic rings. The average Bonchev–Trinajstić information content (AvgIpc) is 3.16. The van der Waals surface area contributed by atoms with E-state index in [9.17, 15) is 13.2 Å². The summed E-state index contributed by atoms with van der Waals surface area (Å²) >= 11 is 1.34. The second-order valence-corrected chi connectivity index (χ2v) is 6.30. The van der Waals surface area contributed by atoms with Crippen molar-refractivity contribution in [2.45, 2.75) is 13.1 Å². The number of fused-ring (bicyclic) bond motifs is 1. The van der Waals surface area contributed by atoms with Crippen LogP contribution >= 0.6 is 11.3 Å². The largest absolute Gasteiger partial charge is 0.418 e. The third kappa shape index (κ3) is 2.76. The Morgan fingerprint density at radius 3 is 2.64 bits per heavy atom. The van der Waals surface area contributed by atoms with Crippen LogP contribution in [0.15, 0.2) is 43.0 Å². The maximum Gasteiger partial charge on any atom is 0.418 e. The molecule has 5 nitrogen and oxygen atoms in total. The van der Waals surface area contributed by atoms with Crippen LogP contribution < -0.4 is 0 Å². The molecule has 0 atom stereocenters. The van der Waals surface area contributed by atoms with Gasteiger partial charge >= 0.3 is 6.18 Å². The lowest BCUT2D eigenvalue weighted by Gasteiger charge is -2.10. The zero-order chi connectivity index (χ0) is 17.6. The molecule has 0 N–H and O–H groups in total. The van der Waals surface area contributed by atoms with Crippen molar-refractivity contribution in [3.63, 3.8) is 0 Å². The number of nitrogens with zero attached hydrogens (tertiary/aromatic N) is 5. The van der Waals surface area contributed by atoms with Crippen molar-refractivity contribution >= 4 is 16.3 Å². The van der Waals surface area contributed by atoms with E-state index < -0.39 is 11.7 Å². The summed E-state index contributed by atoms with van der Waals surface area (Å²) in [6.07, 6.45) is 1.77. The number of rotatable bonds is 2. The Bertz CT molecular complexity index is 1050. The summed E-state index contributed by atoms with van der Waals surface area (Å²) in [6.45, 7) is 1.34. The van der Waals surface area contributed by atoms with Crippen molar-refractivity contribution in [1.29, 1.82) is 0 Å². The van der Waals surface area contributed by atoms with Gasteiger partial charge in [0.1, 0.15) is 5.01 Å². The van der Waals surface area contributed by atoms with E-state index in [2.05, 4.69) is 20.1 Å². The molecule has 0 aliphatic carbocycles. The van der Waals surface area contributed by atoms with Gasteiger partial charge in [0, 0.05) is 35.4 Å². The molecule has 0 aromatic carbocycles. The van der Waals surface area contributed by atoms with Gasteiger partial charge in [-0.2, -0.15) is 18.3 Å². The summed E-state index contributed by atoms with van der Waals surface area (Å²) in [5.74, 6) is 0. The minimum absolute atomic E-state index is 0.0636. The van der Waals surface area contributed by atoms with E-state index in [1.54, 1.807) is 18.5 Å². The summed E-state index contributed by atoms with van der Waals surface area (Å²) in [4.78, 5) is 12.8. The maximum absolute atomic E-state index is 13.1. The number of alkyl halides is 3. The molecule has 0 saturated carbocycles. The van der Waals surface area contributed by atoms with Crippen LogP contribution in [-0.2, 0) is 6.18 Å². The number of hydrogen-bond acceptors (Lipinski definition) is 5. The molecular weight excluding hydrogens is 351 g/mol. The van der Waals surface area contributed by atoms with Crippen LogP contribution in [0.5, 0.6) is 0 Å². The van der Waals surface area contributed by atoms with Crippen molar-refractivity contribution < 1.29 is 13.2 Å². The summed E-state index contributed by atoms with van der Waals surface area (Å²) in [7, 11) is 0. The van der Waals surface area contributed by atoms with Crippen LogP contribution in [-0.4, -0.2) is 24.6 Å². The van der Waals surface area contributed by atoms with Crippen LogP contribution in [0, 0.1) is 6.92 Å².